The molecule has 0 aromatic rings. The maximum atomic E-state index is 12.6. The van der Waals surface area contributed by atoms with Crippen LogP contribution in [0.25, 0.3) is 0 Å². The van der Waals surface area contributed by atoms with E-state index in [1.54, 1.807) is 0 Å². The van der Waals surface area contributed by atoms with Crippen molar-refractivity contribution in [1.82, 2.24) is 0 Å². The summed E-state index contributed by atoms with van der Waals surface area (Å²) in [5, 5.41) is 0. The van der Waals surface area contributed by atoms with Gasteiger partial charge in [-0.15, -0.1) is 0 Å². The molecule has 0 unspecified atom stereocenters. The van der Waals surface area contributed by atoms with E-state index in [0.29, 0.717) is 29.6 Å². The van der Waals surface area contributed by atoms with Crippen LogP contribution in [0.1, 0.15) is 98.8 Å². The molecule has 0 N–H and O–H groups in total. The third-order valence-corrected chi connectivity index (χ3v) is 12.7. The molecule has 5 saturated carbocycles. The van der Waals surface area contributed by atoms with Crippen molar-refractivity contribution in [2.24, 2.45) is 51.2 Å². The van der Waals surface area contributed by atoms with Gasteiger partial charge < -0.3 is 9.53 Å². The molecular formula is C31H46O3. The van der Waals surface area contributed by atoms with Gasteiger partial charge >= 0.3 is 5.97 Å². The van der Waals surface area contributed by atoms with Crippen LogP contribution in [-0.2, 0) is 14.3 Å². The molecule has 0 aromatic carbocycles. The van der Waals surface area contributed by atoms with Gasteiger partial charge in [0.15, 0.2) is 0 Å². The molecule has 3 heteroatoms. The summed E-state index contributed by atoms with van der Waals surface area (Å²) in [5.74, 6) is 2.49. The zero-order chi connectivity index (χ0) is 24.7. The van der Waals surface area contributed by atoms with Crippen molar-refractivity contribution in [1.29, 1.82) is 0 Å². The molecule has 0 bridgehead atoms. The Hall–Kier alpha value is -1.38. The summed E-state index contributed by atoms with van der Waals surface area (Å²) in [6, 6.07) is 0. The minimum absolute atomic E-state index is 0.107. The molecule has 188 valence electrons. The molecule has 34 heavy (non-hydrogen) atoms. The van der Waals surface area contributed by atoms with E-state index in [1.165, 1.54) is 50.0 Å². The van der Waals surface area contributed by atoms with Gasteiger partial charge in [0.2, 0.25) is 0 Å². The maximum Gasteiger partial charge on any atom is 0.303 e. The van der Waals surface area contributed by atoms with Crippen LogP contribution >= 0.6 is 0 Å². The molecular weight excluding hydrogens is 420 g/mol. The molecule has 0 spiro atoms. The second-order valence-corrected chi connectivity index (χ2v) is 13.7. The van der Waals surface area contributed by atoms with E-state index < -0.39 is 0 Å². The van der Waals surface area contributed by atoms with Crippen LogP contribution in [0.3, 0.4) is 0 Å². The molecule has 0 aliphatic heterocycles. The highest BCUT2D eigenvalue weighted by Gasteiger charge is 2.69. The predicted octanol–water partition coefficient (Wildman–Crippen LogP) is 7.30. The van der Waals surface area contributed by atoms with Crippen molar-refractivity contribution in [2.75, 3.05) is 0 Å². The first kappa shape index (κ1) is 24.3. The van der Waals surface area contributed by atoms with Crippen molar-refractivity contribution in [2.45, 2.75) is 105 Å². The van der Waals surface area contributed by atoms with Crippen LogP contribution in [-0.4, -0.2) is 18.4 Å². The Labute approximate surface area is 207 Å². The smallest absolute Gasteiger partial charge is 0.303 e. The van der Waals surface area contributed by atoms with E-state index in [-0.39, 0.29) is 33.7 Å². The van der Waals surface area contributed by atoms with Crippen LogP contribution in [0.4, 0.5) is 0 Å². The summed E-state index contributed by atoms with van der Waals surface area (Å²) in [6.45, 7) is 20.4. The highest BCUT2D eigenvalue weighted by molar-refractivity contribution is 5.66. The lowest BCUT2D eigenvalue weighted by atomic mass is 9.33. The third kappa shape index (κ3) is 3.00. The Morgan fingerprint density at radius 2 is 1.68 bits per heavy atom. The number of carbonyl (C=O) groups is 2. The lowest BCUT2D eigenvalue weighted by Crippen LogP contribution is -2.65. The van der Waals surface area contributed by atoms with E-state index in [9.17, 15) is 9.59 Å². The van der Waals surface area contributed by atoms with Crippen LogP contribution in [0.5, 0.6) is 0 Å². The Morgan fingerprint density at radius 3 is 2.32 bits per heavy atom. The molecule has 0 heterocycles. The molecule has 0 amide bonds. The minimum atomic E-state index is -0.187. The van der Waals surface area contributed by atoms with Crippen LogP contribution in [0, 0.1) is 51.2 Å². The first-order valence-corrected chi connectivity index (χ1v) is 13.9. The molecule has 5 aliphatic rings. The number of hydrogen-bond donors (Lipinski definition) is 0. The van der Waals surface area contributed by atoms with Crippen LogP contribution in [0.15, 0.2) is 24.3 Å². The molecule has 10 atom stereocenters. The molecule has 0 radical (unpaired) electrons. The first-order chi connectivity index (χ1) is 15.9. The molecule has 0 aromatic heterocycles. The van der Waals surface area contributed by atoms with Crippen molar-refractivity contribution in [3.05, 3.63) is 24.3 Å². The number of allylic oxidation sites excluding steroid dienone is 1. The average Bonchev–Trinajstić information content (AvgIpc) is 3.17. The second-order valence-electron chi connectivity index (χ2n) is 13.7. The second kappa shape index (κ2) is 7.81. The number of fused-ring (bicyclic) bond motifs is 7. The number of esters is 1. The standard InChI is InChI=1S/C31H46O3/c1-19(2)22-10-15-31(18-32)17-16-29(6)24(27(22)31)8-9-26-28(5)13-12-25(34-21(4)33)20(3)23(28)11-14-30(26,29)7/h18,22-27H,1,3,8-17H2,2,4-7H3/t22-,23-,24+,25-,26+,27+,28-,29+,30+,31+/m0/s1. The van der Waals surface area contributed by atoms with Gasteiger partial charge in [-0.25, -0.2) is 0 Å². The van der Waals surface area contributed by atoms with Gasteiger partial charge in [0.1, 0.15) is 12.4 Å². The Balaban J connectivity index is 1.50. The van der Waals surface area contributed by atoms with E-state index in [0.717, 1.165) is 38.5 Å². The normalized spacial score (nSPS) is 52.0. The van der Waals surface area contributed by atoms with Gasteiger partial charge in [-0.1, -0.05) is 39.5 Å². The number of hydrogen-bond acceptors (Lipinski definition) is 3. The maximum absolute atomic E-state index is 12.6. The van der Waals surface area contributed by atoms with Crippen molar-refractivity contribution in [3.63, 3.8) is 0 Å². The Kier molecular flexibility index (Phi) is 5.58. The average molecular weight is 467 g/mol. The summed E-state index contributed by atoms with van der Waals surface area (Å²) in [6.07, 6.45) is 12.6. The monoisotopic (exact) mass is 466 g/mol. The molecule has 3 nitrogen and oxygen atoms in total. The molecule has 5 fully saturated rings. The number of carbonyl (C=O) groups excluding carboxylic acids is 2. The largest absolute Gasteiger partial charge is 0.458 e. The molecule has 5 aliphatic carbocycles. The van der Waals surface area contributed by atoms with Crippen molar-refractivity contribution >= 4 is 12.3 Å². The quantitative estimate of drug-likeness (QED) is 0.249. The fraction of sp³-hybridized carbons (Fsp3) is 0.806. The lowest BCUT2D eigenvalue weighted by molar-refractivity contribution is -0.218. The highest BCUT2D eigenvalue weighted by atomic mass is 16.5. The van der Waals surface area contributed by atoms with Crippen molar-refractivity contribution < 1.29 is 14.3 Å². The summed E-state index contributed by atoms with van der Waals surface area (Å²) >= 11 is 0. The van der Waals surface area contributed by atoms with Gasteiger partial charge in [0, 0.05) is 12.3 Å². The van der Waals surface area contributed by atoms with Gasteiger partial charge in [-0.05, 0) is 123 Å². The first-order valence-electron chi connectivity index (χ1n) is 13.9. The highest BCUT2D eigenvalue weighted by Crippen LogP contribution is 2.76. The van der Waals surface area contributed by atoms with E-state index in [1.807, 2.05) is 0 Å². The van der Waals surface area contributed by atoms with E-state index in [2.05, 4.69) is 40.9 Å². The van der Waals surface area contributed by atoms with Gasteiger partial charge in [-0.2, -0.15) is 0 Å². The van der Waals surface area contributed by atoms with Gasteiger partial charge in [0.05, 0.1) is 0 Å². The zero-order valence-electron chi connectivity index (χ0n) is 22.3. The van der Waals surface area contributed by atoms with Crippen molar-refractivity contribution in [3.8, 4) is 0 Å². The lowest BCUT2D eigenvalue weighted by Gasteiger charge is -2.71. The summed E-state index contributed by atoms with van der Waals surface area (Å²) in [4.78, 5) is 24.3. The SMILES string of the molecule is C=C(C)[C@@H]1CC[C@]2(C=O)CC[C@]3(C)[C@H](CC[C@@H]4[C@@]5(C)CC[C@H](OC(C)=O)C(=C)[C@@H]5CC[C@]43C)[C@@H]12. The van der Waals surface area contributed by atoms with Crippen LogP contribution in [0.2, 0.25) is 0 Å². The topological polar surface area (TPSA) is 43.4 Å². The third-order valence-electron chi connectivity index (χ3n) is 12.7. The molecule has 5 rings (SSSR count). The van der Waals surface area contributed by atoms with Gasteiger partial charge in [0.25, 0.3) is 0 Å². The van der Waals surface area contributed by atoms with E-state index in [4.69, 9.17) is 4.74 Å². The Bertz CT molecular complexity index is 920. The zero-order valence-corrected chi connectivity index (χ0v) is 22.3. The number of ether oxygens (including phenoxy) is 1. The predicted molar refractivity (Wildman–Crippen MR) is 136 cm³/mol. The molecule has 0 saturated heterocycles. The fourth-order valence-corrected chi connectivity index (χ4v) is 10.9. The summed E-state index contributed by atoms with van der Waals surface area (Å²) < 4.78 is 5.69. The Morgan fingerprint density at radius 1 is 0.941 bits per heavy atom. The number of rotatable bonds is 3. The minimum Gasteiger partial charge on any atom is -0.458 e. The number of aldehydes is 1. The van der Waals surface area contributed by atoms with Gasteiger partial charge in [-0.3, -0.25) is 4.79 Å². The van der Waals surface area contributed by atoms with E-state index >= 15 is 0 Å². The summed E-state index contributed by atoms with van der Waals surface area (Å²) in [7, 11) is 0. The fourth-order valence-electron chi connectivity index (χ4n) is 10.9. The van der Waals surface area contributed by atoms with Crippen LogP contribution < -0.4 is 0 Å². The summed E-state index contributed by atoms with van der Waals surface area (Å²) in [5.41, 5.74) is 3.09.